The molecule has 1 saturated carbocycles. The molecular formula is C14H19F2NO. The zero-order valence-electron chi connectivity index (χ0n) is 10.5. The van der Waals surface area contributed by atoms with Crippen LogP contribution in [0.3, 0.4) is 0 Å². The molecule has 1 fully saturated rings. The van der Waals surface area contributed by atoms with Crippen molar-refractivity contribution in [1.29, 1.82) is 0 Å². The van der Waals surface area contributed by atoms with E-state index >= 15 is 0 Å². The van der Waals surface area contributed by atoms with Crippen LogP contribution >= 0.6 is 0 Å². The predicted molar refractivity (Wildman–Crippen MR) is 66.7 cm³/mol. The van der Waals surface area contributed by atoms with Crippen LogP contribution in [-0.2, 0) is 11.3 Å². The Morgan fingerprint density at radius 1 is 1.39 bits per heavy atom. The molecule has 0 bridgehead atoms. The Balaban J connectivity index is 1.85. The second kappa shape index (κ2) is 6.25. The first-order chi connectivity index (χ1) is 8.69. The average molecular weight is 255 g/mol. The first-order valence-electron chi connectivity index (χ1n) is 6.32. The molecule has 0 radical (unpaired) electrons. The molecule has 2 atom stereocenters. The number of nitrogens with one attached hydrogen (secondary N) is 1. The summed E-state index contributed by atoms with van der Waals surface area (Å²) in [5.41, 5.74) is 1.00. The Labute approximate surface area is 106 Å². The van der Waals surface area contributed by atoms with E-state index in [2.05, 4.69) is 5.32 Å². The van der Waals surface area contributed by atoms with Crippen LogP contribution in [0.2, 0.25) is 0 Å². The molecule has 2 rings (SSSR count). The third kappa shape index (κ3) is 3.50. The number of hydrogen-bond donors (Lipinski definition) is 1. The van der Waals surface area contributed by atoms with E-state index in [0.717, 1.165) is 24.8 Å². The summed E-state index contributed by atoms with van der Waals surface area (Å²) in [6, 6.07) is 7.03. The summed E-state index contributed by atoms with van der Waals surface area (Å²) in [4.78, 5) is 0. The molecule has 0 aliphatic heterocycles. The van der Waals surface area contributed by atoms with E-state index in [9.17, 15) is 8.78 Å². The van der Waals surface area contributed by atoms with E-state index in [1.165, 1.54) is 6.07 Å². The lowest BCUT2D eigenvalue weighted by Gasteiger charge is -2.13. The summed E-state index contributed by atoms with van der Waals surface area (Å²) in [5.74, 6) is 0. The summed E-state index contributed by atoms with van der Waals surface area (Å²) in [6.07, 6.45) is 1.12. The minimum Gasteiger partial charge on any atom is -0.381 e. The lowest BCUT2D eigenvalue weighted by Crippen LogP contribution is -2.26. The van der Waals surface area contributed by atoms with Crippen molar-refractivity contribution in [2.24, 2.45) is 0 Å². The van der Waals surface area contributed by atoms with Gasteiger partial charge in [-0.3, -0.25) is 0 Å². The fourth-order valence-electron chi connectivity index (χ4n) is 2.44. The predicted octanol–water partition coefficient (Wildman–Crippen LogP) is 3.28. The third-order valence-corrected chi connectivity index (χ3v) is 3.52. The molecule has 0 spiro atoms. The molecule has 2 unspecified atom stereocenters. The van der Waals surface area contributed by atoms with E-state index in [4.69, 9.17) is 4.74 Å². The van der Waals surface area contributed by atoms with Gasteiger partial charge in [-0.2, -0.15) is 0 Å². The molecule has 0 amide bonds. The van der Waals surface area contributed by atoms with E-state index in [1.54, 1.807) is 19.2 Å². The van der Waals surface area contributed by atoms with Crippen molar-refractivity contribution in [2.75, 3.05) is 7.11 Å². The number of hydrogen-bond acceptors (Lipinski definition) is 2. The maximum Gasteiger partial charge on any atom is 0.263 e. The van der Waals surface area contributed by atoms with Crippen molar-refractivity contribution in [3.8, 4) is 0 Å². The van der Waals surface area contributed by atoms with Crippen molar-refractivity contribution < 1.29 is 13.5 Å². The van der Waals surface area contributed by atoms with Crippen LogP contribution in [0.25, 0.3) is 0 Å². The van der Waals surface area contributed by atoms with Crippen LogP contribution in [0, 0.1) is 0 Å². The Morgan fingerprint density at radius 2 is 2.22 bits per heavy atom. The molecule has 0 aromatic heterocycles. The first-order valence-corrected chi connectivity index (χ1v) is 6.32. The quantitative estimate of drug-likeness (QED) is 0.871. The smallest absolute Gasteiger partial charge is 0.263 e. The van der Waals surface area contributed by atoms with Gasteiger partial charge in [0, 0.05) is 25.3 Å². The van der Waals surface area contributed by atoms with Crippen molar-refractivity contribution in [3.63, 3.8) is 0 Å². The fraction of sp³-hybridized carbons (Fsp3) is 0.571. The van der Waals surface area contributed by atoms with Crippen molar-refractivity contribution in [3.05, 3.63) is 35.4 Å². The first kappa shape index (κ1) is 13.4. The fourth-order valence-corrected chi connectivity index (χ4v) is 2.44. The molecular weight excluding hydrogens is 236 g/mol. The summed E-state index contributed by atoms with van der Waals surface area (Å²) in [5, 5.41) is 3.40. The number of methoxy groups -OCH3 is 1. The van der Waals surface area contributed by atoms with E-state index in [1.807, 2.05) is 6.07 Å². The van der Waals surface area contributed by atoms with Crippen molar-refractivity contribution in [1.82, 2.24) is 5.32 Å². The average Bonchev–Trinajstić information content (AvgIpc) is 2.84. The molecule has 1 aliphatic rings. The molecule has 0 saturated heterocycles. The summed E-state index contributed by atoms with van der Waals surface area (Å²) in [7, 11) is 1.74. The topological polar surface area (TPSA) is 21.3 Å². The van der Waals surface area contributed by atoms with Gasteiger partial charge in [-0.25, -0.2) is 8.78 Å². The number of alkyl halides is 2. The zero-order valence-corrected chi connectivity index (χ0v) is 10.5. The number of rotatable bonds is 5. The van der Waals surface area contributed by atoms with Crippen LogP contribution in [0.4, 0.5) is 8.78 Å². The third-order valence-electron chi connectivity index (χ3n) is 3.52. The van der Waals surface area contributed by atoms with Crippen molar-refractivity contribution in [2.45, 2.75) is 44.4 Å². The van der Waals surface area contributed by atoms with Crippen molar-refractivity contribution >= 4 is 0 Å². The Bertz CT molecular complexity index is 384. The van der Waals surface area contributed by atoms with Crippen LogP contribution < -0.4 is 5.32 Å². The van der Waals surface area contributed by atoms with E-state index in [-0.39, 0.29) is 5.56 Å². The highest BCUT2D eigenvalue weighted by Gasteiger charge is 2.23. The number of halogens is 2. The molecule has 100 valence electrons. The number of benzene rings is 1. The monoisotopic (exact) mass is 255 g/mol. The van der Waals surface area contributed by atoms with E-state index in [0.29, 0.717) is 18.7 Å². The highest BCUT2D eigenvalue weighted by atomic mass is 19.3. The van der Waals surface area contributed by atoms with Gasteiger partial charge >= 0.3 is 0 Å². The Morgan fingerprint density at radius 3 is 2.89 bits per heavy atom. The Kier molecular flexibility index (Phi) is 4.66. The van der Waals surface area contributed by atoms with Gasteiger partial charge in [-0.05, 0) is 30.9 Å². The molecule has 1 aromatic rings. The zero-order chi connectivity index (χ0) is 13.0. The van der Waals surface area contributed by atoms with Gasteiger partial charge in [0.15, 0.2) is 0 Å². The summed E-state index contributed by atoms with van der Waals surface area (Å²) < 4.78 is 30.4. The van der Waals surface area contributed by atoms with Crippen LogP contribution in [0.15, 0.2) is 24.3 Å². The molecule has 4 heteroatoms. The maximum atomic E-state index is 12.5. The van der Waals surface area contributed by atoms with Gasteiger partial charge in [0.2, 0.25) is 0 Å². The molecule has 1 N–H and O–H groups in total. The van der Waals surface area contributed by atoms with E-state index < -0.39 is 6.43 Å². The molecule has 1 aromatic carbocycles. The molecule has 2 nitrogen and oxygen atoms in total. The maximum absolute atomic E-state index is 12.5. The molecule has 0 heterocycles. The standard InChI is InChI=1S/C14H19F2NO/c1-18-13-6-5-12(8-13)17-9-10-3-2-4-11(7-10)14(15)16/h2-4,7,12-14,17H,5-6,8-9H2,1H3. The van der Waals surface area contributed by atoms with Gasteiger partial charge < -0.3 is 10.1 Å². The van der Waals surface area contributed by atoms with Crippen LogP contribution in [0.5, 0.6) is 0 Å². The molecule has 1 aliphatic carbocycles. The number of ether oxygens (including phenoxy) is 1. The second-order valence-electron chi connectivity index (χ2n) is 4.79. The summed E-state index contributed by atoms with van der Waals surface area (Å²) >= 11 is 0. The van der Waals surface area contributed by atoms with Gasteiger partial charge in [0.1, 0.15) is 0 Å². The van der Waals surface area contributed by atoms with Crippen LogP contribution in [0.1, 0.15) is 36.8 Å². The lowest BCUT2D eigenvalue weighted by atomic mass is 10.1. The minimum absolute atomic E-state index is 0.0930. The van der Waals surface area contributed by atoms with Gasteiger partial charge in [0.05, 0.1) is 6.10 Å². The van der Waals surface area contributed by atoms with Gasteiger partial charge in [-0.15, -0.1) is 0 Å². The highest BCUT2D eigenvalue weighted by Crippen LogP contribution is 2.22. The highest BCUT2D eigenvalue weighted by molar-refractivity contribution is 5.24. The lowest BCUT2D eigenvalue weighted by molar-refractivity contribution is 0.107. The van der Waals surface area contributed by atoms with Gasteiger partial charge in [-0.1, -0.05) is 18.2 Å². The van der Waals surface area contributed by atoms with Crippen LogP contribution in [-0.4, -0.2) is 19.3 Å². The summed E-state index contributed by atoms with van der Waals surface area (Å²) in [6.45, 7) is 0.641. The Hall–Kier alpha value is -1.00. The normalized spacial score (nSPS) is 23.8. The largest absolute Gasteiger partial charge is 0.381 e. The second-order valence-corrected chi connectivity index (χ2v) is 4.79. The SMILES string of the molecule is COC1CCC(NCc2cccc(C(F)F)c2)C1. The molecule has 18 heavy (non-hydrogen) atoms. The van der Waals surface area contributed by atoms with Gasteiger partial charge in [0.25, 0.3) is 6.43 Å². The minimum atomic E-state index is -2.39.